The van der Waals surface area contributed by atoms with Crippen molar-refractivity contribution in [1.29, 1.82) is 0 Å². The predicted molar refractivity (Wildman–Crippen MR) is 79.5 cm³/mol. The molecule has 0 spiro atoms. The zero-order chi connectivity index (χ0) is 13.9. The van der Waals surface area contributed by atoms with Gasteiger partial charge in [0.05, 0.1) is 5.60 Å². The van der Waals surface area contributed by atoms with Crippen molar-refractivity contribution in [3.05, 3.63) is 34.3 Å². The Hall–Kier alpha value is -0.420. The van der Waals surface area contributed by atoms with E-state index >= 15 is 0 Å². The highest BCUT2D eigenvalue weighted by Crippen LogP contribution is 2.25. The monoisotopic (exact) mass is 314 g/mol. The zero-order valence-corrected chi connectivity index (χ0v) is 13.1. The van der Waals surface area contributed by atoms with Crippen molar-refractivity contribution in [3.8, 4) is 0 Å². The molecule has 0 saturated heterocycles. The Morgan fingerprint density at radius 3 is 2.22 bits per heavy atom. The van der Waals surface area contributed by atoms with Crippen LogP contribution in [-0.4, -0.2) is 35.2 Å². The van der Waals surface area contributed by atoms with Crippen molar-refractivity contribution >= 4 is 15.9 Å². The van der Waals surface area contributed by atoms with Gasteiger partial charge in [-0.1, -0.05) is 28.1 Å². The first-order valence-corrected chi connectivity index (χ1v) is 6.93. The molecule has 0 radical (unpaired) electrons. The van der Waals surface area contributed by atoms with Crippen LogP contribution in [0.25, 0.3) is 0 Å². The molecule has 3 nitrogen and oxygen atoms in total. The minimum absolute atomic E-state index is 0.00137. The van der Waals surface area contributed by atoms with Crippen LogP contribution < -0.4 is 5.73 Å². The molecule has 0 aliphatic rings. The van der Waals surface area contributed by atoms with Crippen molar-refractivity contribution in [1.82, 2.24) is 4.90 Å². The number of nitrogens with zero attached hydrogens (tertiary/aromatic N) is 1. The first-order chi connectivity index (χ1) is 8.20. The van der Waals surface area contributed by atoms with E-state index < -0.39 is 5.60 Å². The molecule has 102 valence electrons. The van der Waals surface area contributed by atoms with Crippen LogP contribution in [-0.2, 0) is 0 Å². The summed E-state index contributed by atoms with van der Waals surface area (Å²) >= 11 is 3.43. The average Bonchev–Trinajstić information content (AvgIpc) is 2.18. The lowest BCUT2D eigenvalue weighted by Crippen LogP contribution is -2.43. The number of hydrogen-bond acceptors (Lipinski definition) is 3. The van der Waals surface area contributed by atoms with Gasteiger partial charge in [-0.25, -0.2) is 0 Å². The summed E-state index contributed by atoms with van der Waals surface area (Å²) in [6, 6.07) is 8.27. The molecule has 2 unspecified atom stereocenters. The summed E-state index contributed by atoms with van der Waals surface area (Å²) in [5.41, 5.74) is 6.53. The van der Waals surface area contributed by atoms with Gasteiger partial charge in [-0.2, -0.15) is 0 Å². The van der Waals surface area contributed by atoms with Gasteiger partial charge in [0, 0.05) is 23.1 Å². The van der Waals surface area contributed by atoms with E-state index in [1.54, 1.807) is 0 Å². The fraction of sp³-hybridized carbons (Fsp3) is 0.571. The predicted octanol–water partition coefficient (Wildman–Crippen LogP) is 2.54. The van der Waals surface area contributed by atoms with Crippen LogP contribution in [0.4, 0.5) is 0 Å². The number of halogens is 1. The molecule has 3 N–H and O–H groups in total. The third-order valence-corrected chi connectivity index (χ3v) is 3.35. The summed E-state index contributed by atoms with van der Waals surface area (Å²) in [6.07, 6.45) is 0. The molecule has 0 fully saturated rings. The second-order valence-corrected chi connectivity index (χ2v) is 6.50. The van der Waals surface area contributed by atoms with Gasteiger partial charge < -0.3 is 10.8 Å². The molecule has 0 aromatic heterocycles. The molecule has 0 bridgehead atoms. The van der Waals surface area contributed by atoms with E-state index in [0.717, 1.165) is 4.47 Å². The molecule has 4 heteroatoms. The normalized spacial score (nSPS) is 15.8. The first kappa shape index (κ1) is 15.6. The van der Waals surface area contributed by atoms with E-state index in [2.05, 4.69) is 33.0 Å². The van der Waals surface area contributed by atoms with Crippen LogP contribution in [0.3, 0.4) is 0 Å². The fourth-order valence-corrected chi connectivity index (χ4v) is 2.59. The minimum Gasteiger partial charge on any atom is -0.389 e. The SMILES string of the molecule is CC(N)C(c1ccc(Br)cc1)N(C)CC(C)(C)O. The Morgan fingerprint density at radius 1 is 1.33 bits per heavy atom. The van der Waals surface area contributed by atoms with E-state index in [9.17, 15) is 5.11 Å². The van der Waals surface area contributed by atoms with Crippen molar-refractivity contribution in [2.45, 2.75) is 38.5 Å². The highest BCUT2D eigenvalue weighted by atomic mass is 79.9. The maximum Gasteiger partial charge on any atom is 0.0718 e. The van der Waals surface area contributed by atoms with Crippen LogP contribution in [0.5, 0.6) is 0 Å². The van der Waals surface area contributed by atoms with Crippen LogP contribution in [0.2, 0.25) is 0 Å². The number of benzene rings is 1. The molecular weight excluding hydrogens is 292 g/mol. The minimum atomic E-state index is -0.725. The quantitative estimate of drug-likeness (QED) is 0.878. The second-order valence-electron chi connectivity index (χ2n) is 5.58. The molecule has 2 atom stereocenters. The van der Waals surface area contributed by atoms with Crippen LogP contribution in [0.15, 0.2) is 28.7 Å². The molecule has 0 aliphatic carbocycles. The second kappa shape index (κ2) is 6.15. The Balaban J connectivity index is 2.92. The highest BCUT2D eigenvalue weighted by molar-refractivity contribution is 9.10. The summed E-state index contributed by atoms with van der Waals surface area (Å²) in [7, 11) is 1.99. The van der Waals surface area contributed by atoms with Gasteiger partial charge in [0.25, 0.3) is 0 Å². The van der Waals surface area contributed by atoms with Gasteiger partial charge in [0.1, 0.15) is 0 Å². The smallest absolute Gasteiger partial charge is 0.0718 e. The van der Waals surface area contributed by atoms with Crippen molar-refractivity contribution in [2.24, 2.45) is 5.73 Å². The Morgan fingerprint density at radius 2 is 1.83 bits per heavy atom. The maximum atomic E-state index is 9.92. The third-order valence-electron chi connectivity index (χ3n) is 2.82. The summed E-state index contributed by atoms with van der Waals surface area (Å²) in [4.78, 5) is 2.11. The summed E-state index contributed by atoms with van der Waals surface area (Å²) in [5, 5.41) is 9.92. The van der Waals surface area contributed by atoms with Crippen molar-refractivity contribution in [3.63, 3.8) is 0 Å². The highest BCUT2D eigenvalue weighted by Gasteiger charge is 2.25. The summed E-state index contributed by atoms with van der Waals surface area (Å²) in [6.45, 7) is 6.19. The van der Waals surface area contributed by atoms with Crippen LogP contribution in [0.1, 0.15) is 32.4 Å². The van der Waals surface area contributed by atoms with E-state index in [1.807, 2.05) is 40.0 Å². The lowest BCUT2D eigenvalue weighted by atomic mass is 9.98. The van der Waals surface area contributed by atoms with E-state index in [-0.39, 0.29) is 12.1 Å². The average molecular weight is 315 g/mol. The Labute approximate surface area is 118 Å². The summed E-state index contributed by atoms with van der Waals surface area (Å²) < 4.78 is 1.06. The molecule has 1 aromatic carbocycles. The fourth-order valence-electron chi connectivity index (χ4n) is 2.33. The standard InChI is InChI=1S/C14H23BrN2O/c1-10(16)13(17(4)9-14(2,3)18)11-5-7-12(15)8-6-11/h5-8,10,13,18H,9,16H2,1-4H3. The maximum absolute atomic E-state index is 9.92. The molecule has 1 aromatic rings. The lowest BCUT2D eigenvalue weighted by Gasteiger charge is -2.35. The molecule has 1 rings (SSSR count). The van der Waals surface area contributed by atoms with Gasteiger partial charge in [0.15, 0.2) is 0 Å². The molecule has 18 heavy (non-hydrogen) atoms. The van der Waals surface area contributed by atoms with E-state index in [4.69, 9.17) is 5.73 Å². The molecule has 0 amide bonds. The van der Waals surface area contributed by atoms with Gasteiger partial charge in [0.2, 0.25) is 0 Å². The van der Waals surface area contributed by atoms with Gasteiger partial charge >= 0.3 is 0 Å². The third kappa shape index (κ3) is 4.69. The first-order valence-electron chi connectivity index (χ1n) is 6.14. The molecule has 0 heterocycles. The van der Waals surface area contributed by atoms with Crippen LogP contribution in [0, 0.1) is 0 Å². The lowest BCUT2D eigenvalue weighted by molar-refractivity contribution is 0.0278. The number of aliphatic hydroxyl groups is 1. The largest absolute Gasteiger partial charge is 0.389 e. The Bertz CT molecular complexity index is 370. The van der Waals surface area contributed by atoms with Crippen LogP contribution >= 0.6 is 15.9 Å². The molecule has 0 aliphatic heterocycles. The molecule has 0 saturated carbocycles. The van der Waals surface area contributed by atoms with Crippen molar-refractivity contribution < 1.29 is 5.11 Å². The van der Waals surface area contributed by atoms with Gasteiger partial charge in [-0.3, -0.25) is 4.90 Å². The number of hydrogen-bond donors (Lipinski definition) is 2. The Kier molecular flexibility index (Phi) is 5.34. The van der Waals surface area contributed by atoms with Crippen molar-refractivity contribution in [2.75, 3.05) is 13.6 Å². The number of rotatable bonds is 5. The topological polar surface area (TPSA) is 49.5 Å². The van der Waals surface area contributed by atoms with Gasteiger partial charge in [-0.05, 0) is 45.5 Å². The van der Waals surface area contributed by atoms with E-state index in [0.29, 0.717) is 6.54 Å². The number of nitrogens with two attached hydrogens (primary N) is 1. The molecular formula is C14H23BrN2O. The van der Waals surface area contributed by atoms with Gasteiger partial charge in [-0.15, -0.1) is 0 Å². The van der Waals surface area contributed by atoms with E-state index in [1.165, 1.54) is 5.56 Å². The summed E-state index contributed by atoms with van der Waals surface area (Å²) in [5.74, 6) is 0. The number of likely N-dealkylation sites (N-methyl/N-ethyl adjacent to an activating group) is 1. The zero-order valence-electron chi connectivity index (χ0n) is 11.5.